The monoisotopic (exact) mass is 727 g/mol. The fraction of sp³-hybridized carbons (Fsp3) is 0.107. The molecule has 1 spiro atoms. The van der Waals surface area contributed by atoms with E-state index in [1.54, 1.807) is 0 Å². The van der Waals surface area contributed by atoms with Crippen LogP contribution in [-0.4, -0.2) is 0 Å². The highest BCUT2D eigenvalue weighted by Gasteiger charge is 2.48. The summed E-state index contributed by atoms with van der Waals surface area (Å²) in [7, 11) is 0. The van der Waals surface area contributed by atoms with Crippen LogP contribution in [-0.2, 0) is 10.8 Å². The smallest absolute Gasteiger partial charge is 0.0714 e. The van der Waals surface area contributed by atoms with E-state index in [4.69, 9.17) is 0 Å². The topological polar surface area (TPSA) is 3.24 Å². The summed E-state index contributed by atoms with van der Waals surface area (Å²) in [4.78, 5) is 2.57. The average molecular weight is 728 g/mol. The van der Waals surface area contributed by atoms with E-state index in [2.05, 4.69) is 205 Å². The molecular formula is C56H41N. The van der Waals surface area contributed by atoms with Gasteiger partial charge in [-0.3, -0.25) is 0 Å². The van der Waals surface area contributed by atoms with Crippen molar-refractivity contribution in [2.45, 2.75) is 36.5 Å². The van der Waals surface area contributed by atoms with Gasteiger partial charge in [-0.2, -0.15) is 0 Å². The molecule has 3 aliphatic carbocycles. The van der Waals surface area contributed by atoms with Gasteiger partial charge < -0.3 is 4.90 Å². The van der Waals surface area contributed by atoms with Crippen molar-refractivity contribution < 1.29 is 0 Å². The standard InChI is InChI=1S/C56H41N/c1-3-17-40(18-4-1)56(41-19-5-2-6-20-41)50-25-12-9-22-46(50)47-33-31-43(37-52(47)56)57(42-30-32-45-39(36-42)29-28-38-16-7-8-21-44(38)45)53-27-15-26-51-54(53)48-23-10-11-24-49(48)55(51)34-13-14-35-55/h1-12,15-33,36-37H,13-14,34-35H2. The predicted octanol–water partition coefficient (Wildman–Crippen LogP) is 14.7. The van der Waals surface area contributed by atoms with E-state index in [0.29, 0.717) is 0 Å². The fourth-order valence-corrected chi connectivity index (χ4v) is 11.3. The van der Waals surface area contributed by atoms with Gasteiger partial charge in [-0.15, -0.1) is 0 Å². The molecule has 57 heavy (non-hydrogen) atoms. The number of nitrogens with zero attached hydrogens (tertiary/aromatic N) is 1. The number of anilines is 3. The molecule has 1 fully saturated rings. The summed E-state index contributed by atoms with van der Waals surface area (Å²) in [5, 5.41) is 5.08. The Hall–Kier alpha value is -6.70. The van der Waals surface area contributed by atoms with E-state index >= 15 is 0 Å². The summed E-state index contributed by atoms with van der Waals surface area (Å²) in [6.07, 6.45) is 4.95. The second kappa shape index (κ2) is 12.4. The quantitative estimate of drug-likeness (QED) is 0.160. The van der Waals surface area contributed by atoms with Crippen molar-refractivity contribution in [3.63, 3.8) is 0 Å². The molecule has 0 radical (unpaired) electrons. The minimum absolute atomic E-state index is 0.0747. The molecule has 1 saturated carbocycles. The SMILES string of the molecule is c1ccc(C2(c3ccccc3)c3ccccc3-c3ccc(N(c4ccc5c(ccc6ccccc65)c4)c4cccc5c4-c4ccccc4C54CCCC4)cc32)cc1. The lowest BCUT2D eigenvalue weighted by atomic mass is 9.67. The van der Waals surface area contributed by atoms with Crippen molar-refractivity contribution in [2.24, 2.45) is 0 Å². The Morgan fingerprint density at radius 1 is 0.368 bits per heavy atom. The first-order chi connectivity index (χ1) is 28.3. The van der Waals surface area contributed by atoms with E-state index < -0.39 is 5.41 Å². The van der Waals surface area contributed by atoms with Gasteiger partial charge in [0, 0.05) is 22.4 Å². The lowest BCUT2D eigenvalue weighted by molar-refractivity contribution is 0.550. The Morgan fingerprint density at radius 2 is 0.947 bits per heavy atom. The first-order valence-electron chi connectivity index (χ1n) is 20.6. The number of fused-ring (bicyclic) bond motifs is 11. The summed E-state index contributed by atoms with van der Waals surface area (Å²) in [5.41, 5.74) is 16.7. The molecular weight excluding hydrogens is 687 g/mol. The van der Waals surface area contributed by atoms with Gasteiger partial charge in [-0.1, -0.05) is 183 Å². The van der Waals surface area contributed by atoms with Crippen LogP contribution in [0.15, 0.2) is 200 Å². The minimum Gasteiger partial charge on any atom is -0.310 e. The molecule has 9 aromatic rings. The molecule has 0 amide bonds. The lowest BCUT2D eigenvalue weighted by Crippen LogP contribution is -2.28. The zero-order chi connectivity index (χ0) is 37.6. The summed E-state index contributed by atoms with van der Waals surface area (Å²) in [6, 6.07) is 75.5. The van der Waals surface area contributed by atoms with Crippen LogP contribution in [0.3, 0.4) is 0 Å². The van der Waals surface area contributed by atoms with Gasteiger partial charge in [0.1, 0.15) is 0 Å². The summed E-state index contributed by atoms with van der Waals surface area (Å²) in [6.45, 7) is 0. The molecule has 9 aromatic carbocycles. The maximum Gasteiger partial charge on any atom is 0.0714 e. The van der Waals surface area contributed by atoms with Gasteiger partial charge in [0.05, 0.1) is 11.1 Å². The lowest BCUT2D eigenvalue weighted by Gasteiger charge is -2.35. The molecule has 1 heteroatoms. The molecule has 3 aliphatic rings. The van der Waals surface area contributed by atoms with Crippen LogP contribution in [0.4, 0.5) is 17.1 Å². The number of hydrogen-bond donors (Lipinski definition) is 0. The van der Waals surface area contributed by atoms with E-state index in [1.165, 1.54) is 109 Å². The molecule has 0 aliphatic heterocycles. The highest BCUT2D eigenvalue weighted by Crippen LogP contribution is 2.61. The summed E-state index contributed by atoms with van der Waals surface area (Å²) < 4.78 is 0. The van der Waals surface area contributed by atoms with E-state index in [-0.39, 0.29) is 5.41 Å². The maximum atomic E-state index is 2.57. The third kappa shape index (κ3) is 4.51. The van der Waals surface area contributed by atoms with E-state index in [9.17, 15) is 0 Å². The molecule has 0 saturated heterocycles. The van der Waals surface area contributed by atoms with Crippen LogP contribution in [0.5, 0.6) is 0 Å². The Labute approximate surface area is 334 Å². The van der Waals surface area contributed by atoms with Gasteiger partial charge in [-0.25, -0.2) is 0 Å². The third-order valence-corrected chi connectivity index (χ3v) is 13.7. The second-order valence-electron chi connectivity index (χ2n) is 16.3. The Balaban J connectivity index is 1.16. The molecule has 0 aromatic heterocycles. The van der Waals surface area contributed by atoms with Crippen molar-refractivity contribution in [2.75, 3.05) is 4.90 Å². The van der Waals surface area contributed by atoms with Crippen LogP contribution >= 0.6 is 0 Å². The van der Waals surface area contributed by atoms with Crippen molar-refractivity contribution in [3.05, 3.63) is 234 Å². The van der Waals surface area contributed by atoms with Crippen molar-refractivity contribution in [1.29, 1.82) is 0 Å². The molecule has 270 valence electrons. The molecule has 0 N–H and O–H groups in total. The van der Waals surface area contributed by atoms with Crippen LogP contribution in [0.25, 0.3) is 43.8 Å². The largest absolute Gasteiger partial charge is 0.310 e. The third-order valence-electron chi connectivity index (χ3n) is 13.7. The first kappa shape index (κ1) is 32.5. The van der Waals surface area contributed by atoms with Gasteiger partial charge in [-0.05, 0) is 115 Å². The predicted molar refractivity (Wildman–Crippen MR) is 238 cm³/mol. The zero-order valence-corrected chi connectivity index (χ0v) is 31.8. The van der Waals surface area contributed by atoms with Crippen molar-refractivity contribution >= 4 is 38.6 Å². The van der Waals surface area contributed by atoms with Crippen LogP contribution in [0, 0.1) is 0 Å². The summed E-state index contributed by atoms with van der Waals surface area (Å²) >= 11 is 0. The molecule has 0 unspecified atom stereocenters. The highest BCUT2D eigenvalue weighted by molar-refractivity contribution is 6.09. The van der Waals surface area contributed by atoms with Gasteiger partial charge in [0.15, 0.2) is 0 Å². The normalized spacial score (nSPS) is 15.4. The highest BCUT2D eigenvalue weighted by atomic mass is 15.1. The van der Waals surface area contributed by atoms with Gasteiger partial charge in [0.2, 0.25) is 0 Å². The number of benzene rings is 9. The van der Waals surface area contributed by atoms with Gasteiger partial charge in [0.25, 0.3) is 0 Å². The molecule has 0 bridgehead atoms. The molecule has 0 heterocycles. The van der Waals surface area contributed by atoms with Gasteiger partial charge >= 0.3 is 0 Å². The van der Waals surface area contributed by atoms with E-state index in [0.717, 1.165) is 11.4 Å². The van der Waals surface area contributed by atoms with E-state index in [1.807, 2.05) is 0 Å². The fourth-order valence-electron chi connectivity index (χ4n) is 11.3. The zero-order valence-electron chi connectivity index (χ0n) is 31.8. The maximum absolute atomic E-state index is 2.57. The number of rotatable bonds is 5. The summed E-state index contributed by atoms with van der Waals surface area (Å²) in [5.74, 6) is 0. The van der Waals surface area contributed by atoms with Crippen LogP contribution in [0.1, 0.15) is 59.1 Å². The minimum atomic E-state index is -0.489. The Morgan fingerprint density at radius 3 is 1.74 bits per heavy atom. The molecule has 0 atom stereocenters. The van der Waals surface area contributed by atoms with Crippen molar-refractivity contribution in [3.8, 4) is 22.3 Å². The van der Waals surface area contributed by atoms with Crippen LogP contribution < -0.4 is 4.90 Å². The average Bonchev–Trinajstić information content (AvgIpc) is 3.97. The molecule has 1 nitrogen and oxygen atoms in total. The number of hydrogen-bond acceptors (Lipinski definition) is 1. The Bertz CT molecular complexity index is 2980. The first-order valence-corrected chi connectivity index (χ1v) is 20.6. The van der Waals surface area contributed by atoms with Crippen molar-refractivity contribution in [1.82, 2.24) is 0 Å². The van der Waals surface area contributed by atoms with Crippen LogP contribution in [0.2, 0.25) is 0 Å². The molecule has 12 rings (SSSR count). The Kier molecular flexibility index (Phi) is 7.08. The second-order valence-corrected chi connectivity index (χ2v) is 16.3.